The summed E-state index contributed by atoms with van der Waals surface area (Å²) in [5.41, 5.74) is 3.77. The van der Waals surface area contributed by atoms with Gasteiger partial charge in [-0.2, -0.15) is 18.4 Å². The number of hydrogen-bond acceptors (Lipinski definition) is 4. The second kappa shape index (κ2) is 10.2. The highest BCUT2D eigenvalue weighted by Crippen LogP contribution is 2.28. The molecule has 1 unspecified atom stereocenters. The molecule has 0 aromatic carbocycles. The lowest BCUT2D eigenvalue weighted by atomic mass is 10.2. The molecule has 0 fully saturated rings. The highest BCUT2D eigenvalue weighted by atomic mass is 32.2. The van der Waals surface area contributed by atoms with Crippen LogP contribution in [0.1, 0.15) is 37.3 Å². The van der Waals surface area contributed by atoms with Crippen LogP contribution in [0.5, 0.6) is 0 Å². The number of pyridine rings is 1. The largest absolute Gasteiger partial charge is 0.433 e. The van der Waals surface area contributed by atoms with Gasteiger partial charge < -0.3 is 5.73 Å². The highest BCUT2D eigenvalue weighted by molar-refractivity contribution is 7.84. The lowest BCUT2D eigenvalue weighted by Crippen LogP contribution is -2.09. The lowest BCUT2D eigenvalue weighted by Gasteiger charge is -2.10. The molecular weight excluding hydrogens is 291 g/mol. The molecule has 0 aliphatic rings. The molecule has 1 heterocycles. The predicted octanol–water partition coefficient (Wildman–Crippen LogP) is 2.99. The zero-order chi connectivity index (χ0) is 16.3. The van der Waals surface area contributed by atoms with Gasteiger partial charge in [-0.3, -0.25) is 9.19 Å². The highest BCUT2D eigenvalue weighted by Gasteiger charge is 2.32. The van der Waals surface area contributed by atoms with Crippen LogP contribution in [0.15, 0.2) is 18.3 Å². The fourth-order valence-electron chi connectivity index (χ4n) is 1.01. The van der Waals surface area contributed by atoms with Gasteiger partial charge in [0.1, 0.15) is 5.69 Å². The molecule has 0 aliphatic carbocycles. The molecule has 0 aliphatic heterocycles. The van der Waals surface area contributed by atoms with Crippen molar-refractivity contribution in [3.8, 4) is 6.19 Å². The lowest BCUT2D eigenvalue weighted by molar-refractivity contribution is -0.141. The Kier molecular flexibility index (Phi) is 10.6. The molecule has 0 amide bonds. The molecule has 0 bridgehead atoms. The van der Waals surface area contributed by atoms with Crippen molar-refractivity contribution in [1.82, 2.24) is 4.98 Å². The summed E-state index contributed by atoms with van der Waals surface area (Å²) in [6, 6.07) is 2.21. The van der Waals surface area contributed by atoms with Gasteiger partial charge in [0.05, 0.1) is 5.25 Å². The molecule has 4 nitrogen and oxygen atoms in total. The zero-order valence-corrected chi connectivity index (χ0v) is 12.5. The molecule has 1 aromatic rings. The van der Waals surface area contributed by atoms with Crippen molar-refractivity contribution < 1.29 is 17.4 Å². The average molecular weight is 309 g/mol. The molecule has 2 N–H and O–H groups in total. The van der Waals surface area contributed by atoms with Crippen LogP contribution < -0.4 is 5.73 Å². The molecule has 0 saturated heterocycles. The minimum atomic E-state index is -4.42. The summed E-state index contributed by atoms with van der Waals surface area (Å²) in [6.45, 7) is 5.68. The smallest absolute Gasteiger partial charge is 0.337 e. The topological polar surface area (TPSA) is 79.8 Å². The maximum absolute atomic E-state index is 12.2. The van der Waals surface area contributed by atoms with Gasteiger partial charge in [-0.25, -0.2) is 0 Å². The minimum absolute atomic E-state index is 0.306. The third-order valence-corrected chi connectivity index (χ3v) is 3.31. The van der Waals surface area contributed by atoms with E-state index in [2.05, 4.69) is 10.7 Å². The van der Waals surface area contributed by atoms with Crippen molar-refractivity contribution in [2.45, 2.75) is 32.2 Å². The Hall–Kier alpha value is -1.62. The Balaban J connectivity index is 0. The first-order chi connectivity index (χ1) is 9.23. The van der Waals surface area contributed by atoms with Crippen LogP contribution in [0, 0.1) is 11.5 Å². The first-order valence-electron chi connectivity index (χ1n) is 5.69. The van der Waals surface area contributed by atoms with Crippen LogP contribution in [-0.4, -0.2) is 15.4 Å². The fraction of sp³-hybridized carbons (Fsp3) is 0.500. The molecule has 8 heteroatoms. The SMILES string of the molecule is CC.C[C@H](c1ccc(C(F)(F)F)nc1)S(C)=O.N#CN. The van der Waals surface area contributed by atoms with Crippen LogP contribution in [0.4, 0.5) is 13.2 Å². The Labute approximate surface area is 119 Å². The Morgan fingerprint density at radius 1 is 1.40 bits per heavy atom. The van der Waals surface area contributed by atoms with E-state index in [9.17, 15) is 17.4 Å². The summed E-state index contributed by atoms with van der Waals surface area (Å²) in [6.07, 6.45) is -0.551. The number of alkyl halides is 3. The maximum atomic E-state index is 12.2. The second-order valence-corrected chi connectivity index (χ2v) is 4.95. The van der Waals surface area contributed by atoms with E-state index in [-0.39, 0.29) is 5.25 Å². The van der Waals surface area contributed by atoms with Crippen molar-refractivity contribution in [1.29, 1.82) is 5.26 Å². The monoisotopic (exact) mass is 309 g/mol. The molecule has 1 aromatic heterocycles. The number of hydrogen-bond donors (Lipinski definition) is 1. The summed E-state index contributed by atoms with van der Waals surface area (Å²) in [7, 11) is -1.11. The third kappa shape index (κ3) is 7.74. The van der Waals surface area contributed by atoms with Crippen molar-refractivity contribution in [2.24, 2.45) is 5.73 Å². The van der Waals surface area contributed by atoms with Crippen molar-refractivity contribution in [3.05, 3.63) is 29.6 Å². The van der Waals surface area contributed by atoms with E-state index < -0.39 is 22.7 Å². The van der Waals surface area contributed by atoms with Gasteiger partial charge >= 0.3 is 6.18 Å². The van der Waals surface area contributed by atoms with E-state index >= 15 is 0 Å². The quantitative estimate of drug-likeness (QED) is 0.672. The standard InChI is InChI=1S/C9H10F3NOS.C2H6.CH2N2/c1-6(15(2)14)7-3-4-8(13-5-7)9(10,11)12;1-2;2-1-3/h3-6H,1-2H3;1-2H3;2H2/t6-,15?;;/m1../s1. The van der Waals surface area contributed by atoms with E-state index in [0.29, 0.717) is 5.56 Å². The second-order valence-electron chi connectivity index (χ2n) is 3.24. The molecule has 114 valence electrons. The molecule has 0 radical (unpaired) electrons. The number of rotatable bonds is 2. The molecule has 0 spiro atoms. The molecule has 0 saturated carbocycles. The first-order valence-corrected chi connectivity index (χ1v) is 7.31. The predicted molar refractivity (Wildman–Crippen MR) is 72.9 cm³/mol. The Morgan fingerprint density at radius 2 is 1.85 bits per heavy atom. The Morgan fingerprint density at radius 3 is 2.10 bits per heavy atom. The molecule has 20 heavy (non-hydrogen) atoms. The van der Waals surface area contributed by atoms with Crippen LogP contribution in [0.25, 0.3) is 0 Å². The minimum Gasteiger partial charge on any atom is -0.337 e. The van der Waals surface area contributed by atoms with Gasteiger partial charge in [-0.1, -0.05) is 19.9 Å². The summed E-state index contributed by atoms with van der Waals surface area (Å²) < 4.78 is 47.6. The van der Waals surface area contributed by atoms with E-state index in [1.165, 1.54) is 18.5 Å². The summed E-state index contributed by atoms with van der Waals surface area (Å²) in [5, 5.41) is 6.79. The van der Waals surface area contributed by atoms with Crippen LogP contribution >= 0.6 is 0 Å². The van der Waals surface area contributed by atoms with Gasteiger partial charge in [0.15, 0.2) is 6.19 Å². The van der Waals surface area contributed by atoms with Crippen molar-refractivity contribution >= 4 is 10.8 Å². The number of nitrogens with zero attached hydrogens (tertiary/aromatic N) is 2. The van der Waals surface area contributed by atoms with Crippen LogP contribution in [0.3, 0.4) is 0 Å². The van der Waals surface area contributed by atoms with E-state index in [1.807, 2.05) is 13.8 Å². The van der Waals surface area contributed by atoms with Crippen LogP contribution in [-0.2, 0) is 17.0 Å². The van der Waals surface area contributed by atoms with Gasteiger partial charge in [-0.05, 0) is 18.6 Å². The van der Waals surface area contributed by atoms with Crippen molar-refractivity contribution in [2.75, 3.05) is 6.26 Å². The van der Waals surface area contributed by atoms with E-state index in [1.54, 1.807) is 6.92 Å². The number of nitriles is 1. The average Bonchev–Trinajstić information content (AvgIpc) is 2.40. The maximum Gasteiger partial charge on any atom is 0.433 e. The summed E-state index contributed by atoms with van der Waals surface area (Å²) in [4.78, 5) is 3.29. The molecular formula is C12H18F3N3OS. The van der Waals surface area contributed by atoms with E-state index in [0.717, 1.165) is 12.3 Å². The number of halogens is 3. The fourth-order valence-corrected chi connectivity index (χ4v) is 1.53. The van der Waals surface area contributed by atoms with Gasteiger partial charge in [-0.15, -0.1) is 0 Å². The van der Waals surface area contributed by atoms with Gasteiger partial charge in [0.2, 0.25) is 0 Å². The summed E-state index contributed by atoms with van der Waals surface area (Å²) >= 11 is 0. The van der Waals surface area contributed by atoms with Crippen molar-refractivity contribution in [3.63, 3.8) is 0 Å². The number of nitrogens with two attached hydrogens (primary N) is 1. The third-order valence-electron chi connectivity index (χ3n) is 2.04. The van der Waals surface area contributed by atoms with Crippen LogP contribution in [0.2, 0.25) is 0 Å². The Bertz CT molecular complexity index is 441. The summed E-state index contributed by atoms with van der Waals surface area (Å²) in [5.74, 6) is 0. The van der Waals surface area contributed by atoms with E-state index in [4.69, 9.17) is 5.26 Å². The molecule has 1 rings (SSSR count). The van der Waals surface area contributed by atoms with Gasteiger partial charge in [0, 0.05) is 23.3 Å². The zero-order valence-electron chi connectivity index (χ0n) is 11.7. The van der Waals surface area contributed by atoms with Gasteiger partial charge in [0.25, 0.3) is 0 Å². The first kappa shape index (κ1) is 20.7. The molecule has 2 atom stereocenters. The number of aromatic nitrogens is 1. The normalized spacial score (nSPS) is 12.7.